The molecule has 0 saturated carbocycles. The lowest BCUT2D eigenvalue weighted by Gasteiger charge is -2.11. The summed E-state index contributed by atoms with van der Waals surface area (Å²) in [6, 6.07) is 14.7. The van der Waals surface area contributed by atoms with Gasteiger partial charge in [-0.1, -0.05) is 29.8 Å². The molecule has 0 aliphatic rings. The maximum Gasteiger partial charge on any atom is 0.288 e. The number of halogens is 1. The predicted octanol–water partition coefficient (Wildman–Crippen LogP) is 3.45. The molecule has 7 nitrogen and oxygen atoms in total. The van der Waals surface area contributed by atoms with Gasteiger partial charge in [-0.3, -0.25) is 25.0 Å². The summed E-state index contributed by atoms with van der Waals surface area (Å²) >= 11 is 5.91. The van der Waals surface area contributed by atoms with E-state index in [0.29, 0.717) is 23.7 Å². The average Bonchev–Trinajstić information content (AvgIpc) is 3.21. The number of amides is 2. The molecule has 1 aromatic heterocycles. The third kappa shape index (κ3) is 5.58. The monoisotopic (exact) mass is 412 g/mol. The number of hydrogen-bond donors (Lipinski definition) is 2. The van der Waals surface area contributed by atoms with Gasteiger partial charge in [0.1, 0.15) is 11.4 Å². The molecule has 0 fully saturated rings. The van der Waals surface area contributed by atoms with E-state index in [4.69, 9.17) is 16.3 Å². The van der Waals surface area contributed by atoms with E-state index in [2.05, 4.69) is 15.8 Å². The summed E-state index contributed by atoms with van der Waals surface area (Å²) in [4.78, 5) is 28.3. The van der Waals surface area contributed by atoms with Crippen molar-refractivity contribution in [2.75, 3.05) is 6.61 Å². The minimum atomic E-state index is -0.451. The molecule has 2 amide bonds. The van der Waals surface area contributed by atoms with Gasteiger partial charge in [0, 0.05) is 17.1 Å². The van der Waals surface area contributed by atoms with Gasteiger partial charge in [0.25, 0.3) is 5.91 Å². The molecule has 0 saturated heterocycles. The van der Waals surface area contributed by atoms with E-state index >= 15 is 0 Å². The maximum atomic E-state index is 12.4. The second kappa shape index (κ2) is 9.75. The molecule has 29 heavy (non-hydrogen) atoms. The van der Waals surface area contributed by atoms with Crippen molar-refractivity contribution in [3.05, 3.63) is 77.3 Å². The molecule has 0 radical (unpaired) electrons. The molecule has 8 heteroatoms. The van der Waals surface area contributed by atoms with Gasteiger partial charge in [-0.05, 0) is 49.2 Å². The van der Waals surface area contributed by atoms with Crippen molar-refractivity contribution in [3.63, 3.8) is 0 Å². The minimum absolute atomic E-state index is 0.213. The molecule has 2 aromatic carbocycles. The zero-order valence-corrected chi connectivity index (χ0v) is 16.6. The fourth-order valence-corrected chi connectivity index (χ4v) is 2.93. The van der Waals surface area contributed by atoms with Crippen LogP contribution in [0.15, 0.2) is 61.1 Å². The predicted molar refractivity (Wildman–Crippen MR) is 110 cm³/mol. The lowest BCUT2D eigenvalue weighted by Crippen LogP contribution is -2.42. The fraction of sp³-hybridized carbons (Fsp3) is 0.190. The molecule has 0 aliphatic carbocycles. The lowest BCUT2D eigenvalue weighted by molar-refractivity contribution is -0.122. The van der Waals surface area contributed by atoms with Crippen LogP contribution in [0, 0.1) is 6.92 Å². The second-order valence-electron chi connectivity index (χ2n) is 6.35. The van der Waals surface area contributed by atoms with Crippen LogP contribution in [0.3, 0.4) is 0 Å². The average molecular weight is 413 g/mol. The first-order valence-corrected chi connectivity index (χ1v) is 9.48. The Morgan fingerprint density at radius 2 is 1.93 bits per heavy atom. The maximum absolute atomic E-state index is 12.4. The molecule has 2 N–H and O–H groups in total. The van der Waals surface area contributed by atoms with Crippen LogP contribution in [0.5, 0.6) is 5.75 Å². The highest BCUT2D eigenvalue weighted by molar-refractivity contribution is 6.30. The Labute approximate surface area is 173 Å². The van der Waals surface area contributed by atoms with Gasteiger partial charge in [-0.2, -0.15) is 0 Å². The van der Waals surface area contributed by atoms with Crippen LogP contribution in [0.4, 0.5) is 0 Å². The van der Waals surface area contributed by atoms with Crippen molar-refractivity contribution in [3.8, 4) is 11.4 Å². The second-order valence-corrected chi connectivity index (χ2v) is 6.79. The number of nitrogens with zero attached hydrogens (tertiary/aromatic N) is 2. The van der Waals surface area contributed by atoms with E-state index in [-0.39, 0.29) is 12.3 Å². The molecule has 0 atom stereocenters. The SMILES string of the molecule is Cc1cc(Cl)ccc1OCCCC(=O)NNC(=O)c1cncn1-c1ccccc1. The van der Waals surface area contributed by atoms with Crippen LogP contribution in [-0.4, -0.2) is 28.0 Å². The number of aromatic nitrogens is 2. The Morgan fingerprint density at radius 1 is 1.14 bits per heavy atom. The third-order valence-corrected chi connectivity index (χ3v) is 4.40. The highest BCUT2D eigenvalue weighted by Gasteiger charge is 2.13. The van der Waals surface area contributed by atoms with Gasteiger partial charge in [0.15, 0.2) is 0 Å². The number of ether oxygens (including phenoxy) is 1. The fourth-order valence-electron chi connectivity index (χ4n) is 2.70. The quantitative estimate of drug-likeness (QED) is 0.459. The summed E-state index contributed by atoms with van der Waals surface area (Å²) < 4.78 is 7.30. The van der Waals surface area contributed by atoms with Crippen molar-refractivity contribution < 1.29 is 14.3 Å². The van der Waals surface area contributed by atoms with E-state index < -0.39 is 5.91 Å². The van der Waals surface area contributed by atoms with E-state index in [0.717, 1.165) is 17.0 Å². The van der Waals surface area contributed by atoms with Crippen molar-refractivity contribution in [1.29, 1.82) is 0 Å². The van der Waals surface area contributed by atoms with Crippen LogP contribution in [-0.2, 0) is 4.79 Å². The first-order valence-electron chi connectivity index (χ1n) is 9.10. The molecule has 3 rings (SSSR count). The number of nitrogens with one attached hydrogen (secondary N) is 2. The Morgan fingerprint density at radius 3 is 2.69 bits per heavy atom. The Bertz CT molecular complexity index is 989. The molecule has 0 aliphatic heterocycles. The molecular weight excluding hydrogens is 392 g/mol. The Balaban J connectivity index is 1.43. The largest absolute Gasteiger partial charge is 0.493 e. The highest BCUT2D eigenvalue weighted by Crippen LogP contribution is 2.21. The van der Waals surface area contributed by atoms with Crippen molar-refractivity contribution >= 4 is 23.4 Å². The van der Waals surface area contributed by atoms with Gasteiger partial charge >= 0.3 is 0 Å². The smallest absolute Gasteiger partial charge is 0.288 e. The molecule has 0 bridgehead atoms. The number of rotatable bonds is 7. The summed E-state index contributed by atoms with van der Waals surface area (Å²) in [5, 5.41) is 0.651. The number of para-hydroxylation sites is 1. The molecule has 0 unspecified atom stereocenters. The lowest BCUT2D eigenvalue weighted by atomic mass is 10.2. The normalized spacial score (nSPS) is 10.4. The standard InChI is InChI=1S/C21H21ClN4O3/c1-15-12-16(22)9-10-19(15)29-11-5-8-20(27)24-25-21(28)18-13-23-14-26(18)17-6-3-2-4-7-17/h2-4,6-7,9-10,12-14H,5,8,11H2,1H3,(H,24,27)(H,25,28). The van der Waals surface area contributed by atoms with E-state index in [9.17, 15) is 9.59 Å². The number of imidazole rings is 1. The molecule has 150 valence electrons. The Hall–Kier alpha value is -3.32. The number of carbonyl (C=O) groups is 2. The number of carbonyl (C=O) groups excluding carboxylic acids is 2. The zero-order valence-electron chi connectivity index (χ0n) is 15.9. The summed E-state index contributed by atoms with van der Waals surface area (Å²) in [6.45, 7) is 2.29. The van der Waals surface area contributed by atoms with Crippen LogP contribution in [0.25, 0.3) is 5.69 Å². The van der Waals surface area contributed by atoms with Crippen molar-refractivity contribution in [2.45, 2.75) is 19.8 Å². The van der Waals surface area contributed by atoms with Gasteiger partial charge in [0.05, 0.1) is 19.1 Å². The molecular formula is C21H21ClN4O3. The van der Waals surface area contributed by atoms with E-state index in [1.165, 1.54) is 6.20 Å². The molecule has 3 aromatic rings. The third-order valence-electron chi connectivity index (χ3n) is 4.16. The first kappa shape index (κ1) is 20.4. The van der Waals surface area contributed by atoms with Gasteiger partial charge < -0.3 is 4.74 Å². The summed E-state index contributed by atoms with van der Waals surface area (Å²) in [5.74, 6) is -0.0226. The molecule has 1 heterocycles. The first-order chi connectivity index (χ1) is 14.0. The molecule has 0 spiro atoms. The van der Waals surface area contributed by atoms with E-state index in [1.807, 2.05) is 43.3 Å². The van der Waals surface area contributed by atoms with Gasteiger partial charge in [-0.25, -0.2) is 4.98 Å². The van der Waals surface area contributed by atoms with Crippen LogP contribution in [0.1, 0.15) is 28.9 Å². The Kier molecular flexibility index (Phi) is 6.86. The zero-order chi connectivity index (χ0) is 20.6. The van der Waals surface area contributed by atoms with Gasteiger partial charge in [-0.15, -0.1) is 0 Å². The summed E-state index contributed by atoms with van der Waals surface area (Å²) in [7, 11) is 0. The van der Waals surface area contributed by atoms with E-state index in [1.54, 1.807) is 23.0 Å². The van der Waals surface area contributed by atoms with Crippen molar-refractivity contribution in [2.24, 2.45) is 0 Å². The number of aryl methyl sites for hydroxylation is 1. The van der Waals surface area contributed by atoms with Crippen LogP contribution in [0.2, 0.25) is 5.02 Å². The van der Waals surface area contributed by atoms with Gasteiger partial charge in [0.2, 0.25) is 5.91 Å². The highest BCUT2D eigenvalue weighted by atomic mass is 35.5. The number of benzene rings is 2. The topological polar surface area (TPSA) is 85.2 Å². The number of hydrazine groups is 1. The summed E-state index contributed by atoms with van der Waals surface area (Å²) in [6.07, 6.45) is 3.70. The van der Waals surface area contributed by atoms with Crippen molar-refractivity contribution in [1.82, 2.24) is 20.4 Å². The van der Waals surface area contributed by atoms with Crippen LogP contribution >= 0.6 is 11.6 Å². The summed E-state index contributed by atoms with van der Waals surface area (Å²) in [5.41, 5.74) is 6.88. The van der Waals surface area contributed by atoms with Crippen LogP contribution < -0.4 is 15.6 Å². The minimum Gasteiger partial charge on any atom is -0.493 e. The number of hydrogen-bond acceptors (Lipinski definition) is 4.